The molecule has 3 nitrogen and oxygen atoms in total. The first-order valence-electron chi connectivity index (χ1n) is 6.36. The van der Waals surface area contributed by atoms with Crippen molar-refractivity contribution in [3.63, 3.8) is 0 Å². The average Bonchev–Trinajstić information content (AvgIpc) is 2.80. The summed E-state index contributed by atoms with van der Waals surface area (Å²) in [5.74, 6) is 3.35. The molecule has 1 aliphatic heterocycles. The van der Waals surface area contributed by atoms with Crippen molar-refractivity contribution in [1.82, 2.24) is 9.38 Å². The molecule has 94 valence electrons. The van der Waals surface area contributed by atoms with Crippen molar-refractivity contribution in [2.45, 2.75) is 19.3 Å². The van der Waals surface area contributed by atoms with E-state index in [1.807, 2.05) is 22.7 Å². The van der Waals surface area contributed by atoms with Crippen molar-refractivity contribution in [2.75, 3.05) is 11.5 Å². The molecule has 1 aliphatic rings. The second-order valence-electron chi connectivity index (χ2n) is 4.84. The third-order valence-corrected chi connectivity index (χ3v) is 4.56. The second kappa shape index (κ2) is 5.14. The van der Waals surface area contributed by atoms with Gasteiger partial charge in [-0.05, 0) is 48.8 Å². The van der Waals surface area contributed by atoms with E-state index in [9.17, 15) is 4.79 Å². The molecule has 3 heterocycles. The molecule has 0 unspecified atom stereocenters. The molecule has 0 aliphatic carbocycles. The van der Waals surface area contributed by atoms with Crippen LogP contribution in [-0.2, 0) is 6.42 Å². The lowest BCUT2D eigenvalue weighted by molar-refractivity contribution is 0.112. The topological polar surface area (TPSA) is 34.4 Å². The Kier molecular flexibility index (Phi) is 3.37. The highest BCUT2D eigenvalue weighted by atomic mass is 32.2. The number of thioether (sulfide) groups is 1. The van der Waals surface area contributed by atoms with Crippen LogP contribution in [0.2, 0.25) is 0 Å². The predicted octanol–water partition coefficient (Wildman–Crippen LogP) is 2.83. The van der Waals surface area contributed by atoms with Crippen LogP contribution in [0.3, 0.4) is 0 Å². The summed E-state index contributed by atoms with van der Waals surface area (Å²) in [5, 5.41) is 0. The molecular formula is C14H16N2OS. The van der Waals surface area contributed by atoms with Crippen molar-refractivity contribution in [2.24, 2.45) is 5.92 Å². The summed E-state index contributed by atoms with van der Waals surface area (Å²) < 4.78 is 2.00. The van der Waals surface area contributed by atoms with Gasteiger partial charge in [-0.15, -0.1) is 0 Å². The van der Waals surface area contributed by atoms with Crippen LogP contribution in [0.15, 0.2) is 24.5 Å². The van der Waals surface area contributed by atoms with Crippen LogP contribution < -0.4 is 0 Å². The number of carbonyl (C=O) groups is 1. The van der Waals surface area contributed by atoms with E-state index < -0.39 is 0 Å². The monoisotopic (exact) mass is 260 g/mol. The van der Waals surface area contributed by atoms with E-state index in [2.05, 4.69) is 22.9 Å². The lowest BCUT2D eigenvalue weighted by Crippen LogP contribution is -2.12. The van der Waals surface area contributed by atoms with E-state index in [1.165, 1.54) is 24.3 Å². The Morgan fingerprint density at radius 3 is 3.06 bits per heavy atom. The van der Waals surface area contributed by atoms with E-state index in [-0.39, 0.29) is 0 Å². The van der Waals surface area contributed by atoms with E-state index in [4.69, 9.17) is 0 Å². The molecule has 0 N–H and O–H groups in total. The smallest absolute Gasteiger partial charge is 0.150 e. The predicted molar refractivity (Wildman–Crippen MR) is 74.3 cm³/mol. The van der Waals surface area contributed by atoms with Gasteiger partial charge in [0.15, 0.2) is 0 Å². The maximum absolute atomic E-state index is 10.7. The van der Waals surface area contributed by atoms with Gasteiger partial charge in [0, 0.05) is 18.0 Å². The summed E-state index contributed by atoms with van der Waals surface area (Å²) in [5.41, 5.74) is 2.71. The van der Waals surface area contributed by atoms with E-state index >= 15 is 0 Å². The Bertz CT molecular complexity index is 558. The van der Waals surface area contributed by atoms with Crippen LogP contribution in [0.25, 0.3) is 5.65 Å². The number of hydrogen-bond acceptors (Lipinski definition) is 3. The third-order valence-electron chi connectivity index (χ3n) is 3.51. The van der Waals surface area contributed by atoms with Crippen molar-refractivity contribution in [3.8, 4) is 0 Å². The summed E-state index contributed by atoms with van der Waals surface area (Å²) in [6, 6.07) is 3.66. The maximum Gasteiger partial charge on any atom is 0.150 e. The van der Waals surface area contributed by atoms with Crippen LogP contribution >= 0.6 is 11.8 Å². The number of imidazole rings is 1. The standard InChI is InChI=1S/C14H16N2OS/c17-10-12-1-4-16-9-13(15-14(16)8-12)7-11-2-5-18-6-3-11/h1,4,8-11H,2-3,5-7H2. The largest absolute Gasteiger partial charge is 0.307 e. The Labute approximate surface area is 111 Å². The molecule has 0 radical (unpaired) electrons. The summed E-state index contributed by atoms with van der Waals surface area (Å²) >= 11 is 2.05. The highest BCUT2D eigenvalue weighted by Gasteiger charge is 2.15. The van der Waals surface area contributed by atoms with Crippen molar-refractivity contribution in [1.29, 1.82) is 0 Å². The van der Waals surface area contributed by atoms with E-state index in [0.29, 0.717) is 5.56 Å². The van der Waals surface area contributed by atoms with Gasteiger partial charge in [0.25, 0.3) is 0 Å². The average molecular weight is 260 g/mol. The number of aldehydes is 1. The fraction of sp³-hybridized carbons (Fsp3) is 0.429. The van der Waals surface area contributed by atoms with Gasteiger partial charge in [0.1, 0.15) is 11.9 Å². The Balaban J connectivity index is 1.81. The molecule has 0 saturated carbocycles. The summed E-state index contributed by atoms with van der Waals surface area (Å²) in [6.07, 6.45) is 8.54. The minimum absolute atomic E-state index is 0.689. The molecule has 3 rings (SSSR count). The van der Waals surface area contributed by atoms with Crippen LogP contribution in [-0.4, -0.2) is 27.2 Å². The lowest BCUT2D eigenvalue weighted by atomic mass is 9.97. The summed E-state index contributed by atoms with van der Waals surface area (Å²) in [4.78, 5) is 15.3. The summed E-state index contributed by atoms with van der Waals surface area (Å²) in [6.45, 7) is 0. The van der Waals surface area contributed by atoms with E-state index in [0.717, 1.165) is 30.0 Å². The van der Waals surface area contributed by atoms with Crippen LogP contribution in [0, 0.1) is 5.92 Å². The molecule has 1 fully saturated rings. The van der Waals surface area contributed by atoms with Crippen LogP contribution in [0.5, 0.6) is 0 Å². The Morgan fingerprint density at radius 1 is 1.44 bits per heavy atom. The molecule has 4 heteroatoms. The number of rotatable bonds is 3. The van der Waals surface area contributed by atoms with Gasteiger partial charge < -0.3 is 4.40 Å². The molecule has 18 heavy (non-hydrogen) atoms. The molecule has 2 aromatic heterocycles. The summed E-state index contributed by atoms with van der Waals surface area (Å²) in [7, 11) is 0. The molecule has 1 saturated heterocycles. The minimum atomic E-state index is 0.689. The molecule has 0 bridgehead atoms. The molecular weight excluding hydrogens is 244 g/mol. The first-order valence-corrected chi connectivity index (χ1v) is 7.51. The number of aromatic nitrogens is 2. The number of fused-ring (bicyclic) bond motifs is 1. The normalized spacial score (nSPS) is 17.1. The highest BCUT2D eigenvalue weighted by molar-refractivity contribution is 7.99. The fourth-order valence-electron chi connectivity index (χ4n) is 2.47. The zero-order valence-electron chi connectivity index (χ0n) is 10.2. The zero-order chi connectivity index (χ0) is 12.4. The van der Waals surface area contributed by atoms with Gasteiger partial charge in [-0.1, -0.05) is 0 Å². The number of carbonyl (C=O) groups excluding carboxylic acids is 1. The maximum atomic E-state index is 10.7. The first kappa shape index (κ1) is 11.8. The lowest BCUT2D eigenvalue weighted by Gasteiger charge is -2.19. The second-order valence-corrected chi connectivity index (χ2v) is 6.06. The third kappa shape index (κ3) is 2.43. The van der Waals surface area contributed by atoms with Gasteiger partial charge in [0.2, 0.25) is 0 Å². The van der Waals surface area contributed by atoms with Gasteiger partial charge in [0.05, 0.1) is 5.69 Å². The fourth-order valence-corrected chi connectivity index (χ4v) is 3.67. The quantitative estimate of drug-likeness (QED) is 0.796. The number of pyridine rings is 1. The van der Waals surface area contributed by atoms with Crippen LogP contribution in [0.1, 0.15) is 28.9 Å². The van der Waals surface area contributed by atoms with Crippen molar-refractivity contribution in [3.05, 3.63) is 35.8 Å². The zero-order valence-corrected chi connectivity index (χ0v) is 11.0. The molecule has 2 aromatic rings. The van der Waals surface area contributed by atoms with Crippen molar-refractivity contribution >= 4 is 23.7 Å². The SMILES string of the molecule is O=Cc1ccn2cc(CC3CCSCC3)nc2c1. The van der Waals surface area contributed by atoms with Crippen molar-refractivity contribution < 1.29 is 4.79 Å². The van der Waals surface area contributed by atoms with E-state index in [1.54, 1.807) is 0 Å². The molecule has 0 spiro atoms. The molecule has 0 amide bonds. The molecule has 0 aromatic carbocycles. The highest BCUT2D eigenvalue weighted by Crippen LogP contribution is 2.25. The van der Waals surface area contributed by atoms with Gasteiger partial charge in [-0.2, -0.15) is 11.8 Å². The minimum Gasteiger partial charge on any atom is -0.307 e. The number of nitrogens with zero attached hydrogens (tertiary/aromatic N) is 2. The number of hydrogen-bond donors (Lipinski definition) is 0. The van der Waals surface area contributed by atoms with Gasteiger partial charge in [-0.3, -0.25) is 4.79 Å². The van der Waals surface area contributed by atoms with Crippen LogP contribution in [0.4, 0.5) is 0 Å². The van der Waals surface area contributed by atoms with Gasteiger partial charge >= 0.3 is 0 Å². The molecule has 0 atom stereocenters. The Morgan fingerprint density at radius 2 is 2.28 bits per heavy atom. The van der Waals surface area contributed by atoms with Gasteiger partial charge in [-0.25, -0.2) is 4.98 Å². The first-order chi connectivity index (χ1) is 8.85. The Hall–Kier alpha value is -1.29.